The van der Waals surface area contributed by atoms with Gasteiger partial charge in [-0.25, -0.2) is 13.1 Å². The van der Waals surface area contributed by atoms with Gasteiger partial charge in [0.15, 0.2) is 0 Å². The number of sulfonamides is 1. The number of nitrogens with zero attached hydrogens (tertiary/aromatic N) is 1. The smallest absolute Gasteiger partial charge is 0.243 e. The molecule has 44 heavy (non-hydrogen) atoms. The highest BCUT2D eigenvalue weighted by molar-refractivity contribution is 7.89. The summed E-state index contributed by atoms with van der Waals surface area (Å²) in [6, 6.07) is 32.5. The van der Waals surface area contributed by atoms with Crippen molar-refractivity contribution in [2.45, 2.75) is 62.2 Å². The highest BCUT2D eigenvalue weighted by atomic mass is 35.5. The lowest BCUT2D eigenvalue weighted by atomic mass is 10.0. The molecule has 7 nitrogen and oxygen atoms in total. The molecule has 0 saturated heterocycles. The molecule has 0 bridgehead atoms. The number of carbonyl (C=O) groups excluding carboxylic acids is 2. The Bertz CT molecular complexity index is 1640. The molecule has 1 fully saturated rings. The van der Waals surface area contributed by atoms with Crippen molar-refractivity contribution in [3.8, 4) is 0 Å². The van der Waals surface area contributed by atoms with Crippen LogP contribution in [0.5, 0.6) is 0 Å². The summed E-state index contributed by atoms with van der Waals surface area (Å²) in [6.45, 7) is 0.578. The molecule has 4 aromatic rings. The molecule has 0 radical (unpaired) electrons. The van der Waals surface area contributed by atoms with Crippen molar-refractivity contribution in [3.05, 3.63) is 136 Å². The summed E-state index contributed by atoms with van der Waals surface area (Å²) in [4.78, 5) is 29.6. The van der Waals surface area contributed by atoms with Gasteiger partial charge < -0.3 is 10.2 Å². The minimum absolute atomic E-state index is 0.0256. The number of hydrogen-bond acceptors (Lipinski definition) is 4. The van der Waals surface area contributed by atoms with Crippen LogP contribution in [-0.2, 0) is 45.5 Å². The number of hydrogen-bond donors (Lipinski definition) is 2. The molecule has 9 heteroatoms. The van der Waals surface area contributed by atoms with E-state index in [0.29, 0.717) is 24.4 Å². The molecule has 1 aliphatic rings. The number of nitrogens with one attached hydrogen (secondary N) is 2. The van der Waals surface area contributed by atoms with Gasteiger partial charge in [-0.05, 0) is 65.8 Å². The maximum absolute atomic E-state index is 14.0. The average molecular weight is 630 g/mol. The van der Waals surface area contributed by atoms with Crippen molar-refractivity contribution in [3.63, 3.8) is 0 Å². The minimum atomic E-state index is -3.55. The van der Waals surface area contributed by atoms with Gasteiger partial charge in [0.05, 0.1) is 4.90 Å². The van der Waals surface area contributed by atoms with Gasteiger partial charge in [0.25, 0.3) is 0 Å². The molecule has 1 unspecified atom stereocenters. The van der Waals surface area contributed by atoms with Crippen LogP contribution in [0.2, 0.25) is 5.02 Å². The van der Waals surface area contributed by atoms with Crippen LogP contribution < -0.4 is 10.0 Å². The average Bonchev–Trinajstić information content (AvgIpc) is 3.86. The van der Waals surface area contributed by atoms with E-state index in [0.717, 1.165) is 35.1 Å². The van der Waals surface area contributed by atoms with E-state index in [4.69, 9.17) is 11.6 Å². The van der Waals surface area contributed by atoms with E-state index in [-0.39, 0.29) is 35.7 Å². The molecule has 1 saturated carbocycles. The number of aryl methyl sites for hydroxylation is 1. The normalized spacial score (nSPS) is 13.7. The number of carbonyl (C=O) groups is 2. The summed E-state index contributed by atoms with van der Waals surface area (Å²) in [7, 11) is -3.55. The Labute approximate surface area is 264 Å². The summed E-state index contributed by atoms with van der Waals surface area (Å²) >= 11 is 6.13. The van der Waals surface area contributed by atoms with Crippen LogP contribution in [-0.4, -0.2) is 37.2 Å². The lowest BCUT2D eigenvalue weighted by Gasteiger charge is -2.32. The van der Waals surface area contributed by atoms with Crippen LogP contribution in [0.1, 0.15) is 41.5 Å². The van der Waals surface area contributed by atoms with Gasteiger partial charge >= 0.3 is 0 Å². The minimum Gasteiger partial charge on any atom is -0.350 e. The summed E-state index contributed by atoms with van der Waals surface area (Å²) < 4.78 is 27.8. The number of rotatable bonds is 14. The zero-order chi connectivity index (χ0) is 30.9. The van der Waals surface area contributed by atoms with Crippen molar-refractivity contribution in [2.24, 2.45) is 0 Å². The van der Waals surface area contributed by atoms with Crippen molar-refractivity contribution >= 4 is 33.4 Å². The van der Waals surface area contributed by atoms with Crippen LogP contribution in [0, 0.1) is 0 Å². The monoisotopic (exact) mass is 629 g/mol. The molecule has 2 amide bonds. The Morgan fingerprint density at radius 1 is 0.773 bits per heavy atom. The first-order chi connectivity index (χ1) is 21.3. The second-order valence-electron chi connectivity index (χ2n) is 11.1. The van der Waals surface area contributed by atoms with Crippen molar-refractivity contribution in [1.29, 1.82) is 0 Å². The molecule has 0 heterocycles. The SMILES string of the molecule is O=C(NCc1ccccc1)C(Cc1ccccc1)N(Cc1ccc(Cl)cc1)C(=O)CCc1ccc(S(=O)(=O)NC2CC2)cc1. The van der Waals surface area contributed by atoms with Crippen LogP contribution in [0.3, 0.4) is 0 Å². The predicted molar refractivity (Wildman–Crippen MR) is 172 cm³/mol. The highest BCUT2D eigenvalue weighted by Crippen LogP contribution is 2.23. The largest absolute Gasteiger partial charge is 0.350 e. The van der Waals surface area contributed by atoms with E-state index >= 15 is 0 Å². The van der Waals surface area contributed by atoms with Crippen molar-refractivity contribution in [1.82, 2.24) is 14.9 Å². The molecule has 0 aliphatic heterocycles. The van der Waals surface area contributed by atoms with Crippen LogP contribution in [0.15, 0.2) is 114 Å². The van der Waals surface area contributed by atoms with Gasteiger partial charge in [-0.1, -0.05) is 96.5 Å². The molecule has 228 valence electrons. The Kier molecular flexibility index (Phi) is 10.5. The Morgan fingerprint density at radius 2 is 1.36 bits per heavy atom. The zero-order valence-corrected chi connectivity index (χ0v) is 25.9. The lowest BCUT2D eigenvalue weighted by molar-refractivity contribution is -0.141. The zero-order valence-electron chi connectivity index (χ0n) is 24.4. The number of halogens is 1. The van der Waals surface area contributed by atoms with Gasteiger partial charge in [0.1, 0.15) is 6.04 Å². The van der Waals surface area contributed by atoms with E-state index in [1.54, 1.807) is 41.3 Å². The predicted octanol–water partition coefficient (Wildman–Crippen LogP) is 5.67. The maximum Gasteiger partial charge on any atom is 0.243 e. The molecular weight excluding hydrogens is 594 g/mol. The van der Waals surface area contributed by atoms with E-state index in [1.165, 1.54) is 0 Å². The second kappa shape index (κ2) is 14.7. The van der Waals surface area contributed by atoms with E-state index in [2.05, 4.69) is 10.0 Å². The third-order valence-corrected chi connectivity index (χ3v) is 9.40. The molecular formula is C35H36ClN3O4S. The van der Waals surface area contributed by atoms with Crippen LogP contribution in [0.25, 0.3) is 0 Å². The van der Waals surface area contributed by atoms with E-state index < -0.39 is 16.1 Å². The molecule has 1 aliphatic carbocycles. The fourth-order valence-corrected chi connectivity index (χ4v) is 6.39. The molecule has 1 atom stereocenters. The first kappa shape index (κ1) is 31.4. The third kappa shape index (κ3) is 9.02. The molecule has 4 aromatic carbocycles. The fourth-order valence-electron chi connectivity index (χ4n) is 4.96. The summed E-state index contributed by atoms with van der Waals surface area (Å²) in [5, 5.41) is 3.63. The van der Waals surface area contributed by atoms with Gasteiger partial charge in [-0.3, -0.25) is 9.59 Å². The first-order valence-corrected chi connectivity index (χ1v) is 16.6. The lowest BCUT2D eigenvalue weighted by Crippen LogP contribution is -2.50. The Hall–Kier alpha value is -3.98. The Balaban J connectivity index is 1.36. The van der Waals surface area contributed by atoms with Gasteiger partial charge in [-0.15, -0.1) is 0 Å². The fraction of sp³-hybridized carbons (Fsp3) is 0.257. The van der Waals surface area contributed by atoms with Crippen molar-refractivity contribution in [2.75, 3.05) is 0 Å². The standard InChI is InChI=1S/C35H36ClN3O4S/c36-30-16-11-29(12-17-30)25-39(34(40)22-15-26-13-20-32(21-14-26)44(42,43)38-31-18-19-31)33(23-27-7-3-1-4-8-27)35(41)37-24-28-9-5-2-6-10-28/h1-14,16-17,20-21,31,33,38H,15,18-19,22-25H2,(H,37,41). The summed E-state index contributed by atoms with van der Waals surface area (Å²) in [6.07, 6.45) is 2.62. The Morgan fingerprint density at radius 3 is 1.98 bits per heavy atom. The van der Waals surface area contributed by atoms with E-state index in [1.807, 2.05) is 72.8 Å². The second-order valence-corrected chi connectivity index (χ2v) is 13.2. The van der Waals surface area contributed by atoms with Crippen LogP contribution in [0.4, 0.5) is 0 Å². The third-order valence-electron chi connectivity index (χ3n) is 7.61. The number of benzene rings is 4. The van der Waals surface area contributed by atoms with Gasteiger partial charge in [0.2, 0.25) is 21.8 Å². The molecule has 2 N–H and O–H groups in total. The summed E-state index contributed by atoms with van der Waals surface area (Å²) in [5.74, 6) is -0.416. The summed E-state index contributed by atoms with van der Waals surface area (Å²) in [5.41, 5.74) is 3.60. The maximum atomic E-state index is 14.0. The number of amides is 2. The first-order valence-electron chi connectivity index (χ1n) is 14.8. The van der Waals surface area contributed by atoms with Crippen LogP contribution >= 0.6 is 11.6 Å². The quantitative estimate of drug-likeness (QED) is 0.188. The highest BCUT2D eigenvalue weighted by Gasteiger charge is 2.31. The van der Waals surface area contributed by atoms with Crippen molar-refractivity contribution < 1.29 is 18.0 Å². The van der Waals surface area contributed by atoms with Gasteiger partial charge in [0, 0.05) is 37.0 Å². The molecule has 0 aromatic heterocycles. The topological polar surface area (TPSA) is 95.6 Å². The van der Waals surface area contributed by atoms with Gasteiger partial charge in [-0.2, -0.15) is 0 Å². The molecule has 5 rings (SSSR count). The van der Waals surface area contributed by atoms with E-state index in [9.17, 15) is 18.0 Å². The molecule has 0 spiro atoms.